The molecular weight excluding hydrogens is 911 g/mol. The standard InChI is InChI=1S/C56H109NO12S/c1-3-5-7-9-11-13-15-17-19-21-23-25-27-29-31-33-35-37-39-41-43-45-50(60)55(63)57-48(47-67-56-53(62)54(69-70(64,65)66)52(61)51(46-58)68-56)49(59)44-42-40-38-36-34-32-30-28-26-24-22-20-18-16-14-12-10-8-6-4-2/h27,29,48-54,56,58-62H,3-26,28,30-47H2,1-2H3,(H,57,63)(H,64,65,66)/b29-27-. The van der Waals surface area contributed by atoms with Crippen LogP contribution >= 0.6 is 0 Å². The van der Waals surface area contributed by atoms with E-state index in [0.717, 1.165) is 57.8 Å². The fraction of sp³-hybridized carbons (Fsp3) is 0.946. The highest BCUT2D eigenvalue weighted by Gasteiger charge is 2.48. The molecule has 1 aliphatic rings. The molecular formula is C56H109NO12S. The van der Waals surface area contributed by atoms with Crippen molar-refractivity contribution in [1.82, 2.24) is 5.32 Å². The quantitative estimate of drug-likeness (QED) is 0.0172. The summed E-state index contributed by atoms with van der Waals surface area (Å²) in [5.74, 6) is -0.669. The third kappa shape index (κ3) is 37.5. The zero-order chi connectivity index (χ0) is 51.3. The van der Waals surface area contributed by atoms with Gasteiger partial charge in [-0.1, -0.05) is 251 Å². The Morgan fingerprint density at radius 2 is 0.914 bits per heavy atom. The van der Waals surface area contributed by atoms with E-state index < -0.39 is 78.5 Å². The monoisotopic (exact) mass is 1020 g/mol. The molecule has 1 fully saturated rings. The lowest BCUT2D eigenvalue weighted by atomic mass is 9.99. The van der Waals surface area contributed by atoms with Gasteiger partial charge in [-0.3, -0.25) is 9.35 Å². The number of nitrogens with one attached hydrogen (secondary N) is 1. The molecule has 13 nitrogen and oxygen atoms in total. The van der Waals surface area contributed by atoms with Crippen LogP contribution in [0.5, 0.6) is 0 Å². The Kier molecular flexibility index (Phi) is 44.2. The van der Waals surface area contributed by atoms with Gasteiger partial charge < -0.3 is 40.3 Å². The van der Waals surface area contributed by atoms with Gasteiger partial charge in [-0.2, -0.15) is 8.42 Å². The van der Waals surface area contributed by atoms with E-state index in [-0.39, 0.29) is 6.42 Å². The summed E-state index contributed by atoms with van der Waals surface area (Å²) >= 11 is 0. The minimum Gasteiger partial charge on any atom is -0.394 e. The van der Waals surface area contributed by atoms with Gasteiger partial charge in [0.25, 0.3) is 0 Å². The molecule has 14 heteroatoms. The molecule has 0 bridgehead atoms. The Balaban J connectivity index is 2.41. The van der Waals surface area contributed by atoms with Gasteiger partial charge in [0.1, 0.15) is 30.5 Å². The van der Waals surface area contributed by atoms with E-state index >= 15 is 0 Å². The number of rotatable bonds is 51. The summed E-state index contributed by atoms with van der Waals surface area (Å²) in [4.78, 5) is 13.2. The normalized spacial score (nSPS) is 20.0. The first-order valence-electron chi connectivity index (χ1n) is 29.2. The summed E-state index contributed by atoms with van der Waals surface area (Å²) in [5, 5.41) is 55.7. The van der Waals surface area contributed by atoms with E-state index in [1.807, 2.05) is 0 Å². The van der Waals surface area contributed by atoms with E-state index in [1.165, 1.54) is 180 Å². The molecule has 1 amide bonds. The van der Waals surface area contributed by atoms with Gasteiger partial charge in [-0.15, -0.1) is 0 Å². The van der Waals surface area contributed by atoms with Crippen molar-refractivity contribution < 1.29 is 57.0 Å². The van der Waals surface area contributed by atoms with Crippen LogP contribution in [0.2, 0.25) is 0 Å². The van der Waals surface area contributed by atoms with Crippen LogP contribution in [0.1, 0.15) is 277 Å². The third-order valence-electron chi connectivity index (χ3n) is 14.2. The Hall–Kier alpha value is -1.20. The van der Waals surface area contributed by atoms with Gasteiger partial charge in [0, 0.05) is 0 Å². The first-order chi connectivity index (χ1) is 33.9. The number of carbonyl (C=O) groups excluding carboxylic acids is 1. The summed E-state index contributed by atoms with van der Waals surface area (Å²) in [6.45, 7) is 3.33. The van der Waals surface area contributed by atoms with Crippen LogP contribution < -0.4 is 5.32 Å². The number of carbonyl (C=O) groups is 1. The lowest BCUT2D eigenvalue weighted by molar-refractivity contribution is -0.298. The van der Waals surface area contributed by atoms with Crippen molar-refractivity contribution in [3.8, 4) is 0 Å². The number of ether oxygens (including phenoxy) is 2. The van der Waals surface area contributed by atoms with E-state index in [2.05, 4.69) is 35.5 Å². The second-order valence-corrected chi connectivity index (χ2v) is 21.8. The Bertz CT molecular complexity index is 1310. The van der Waals surface area contributed by atoms with Crippen molar-refractivity contribution in [3.63, 3.8) is 0 Å². The van der Waals surface area contributed by atoms with Crippen LogP contribution in [-0.2, 0) is 28.9 Å². The topological polar surface area (TPSA) is 212 Å². The maximum Gasteiger partial charge on any atom is 0.397 e. The smallest absolute Gasteiger partial charge is 0.394 e. The largest absolute Gasteiger partial charge is 0.397 e. The van der Waals surface area contributed by atoms with E-state index in [4.69, 9.17) is 9.47 Å². The Labute approximate surface area is 428 Å². The first kappa shape index (κ1) is 66.8. The molecule has 416 valence electrons. The summed E-state index contributed by atoms with van der Waals surface area (Å²) in [6, 6.07) is -1.03. The van der Waals surface area contributed by atoms with E-state index in [0.29, 0.717) is 19.3 Å². The van der Waals surface area contributed by atoms with Crippen LogP contribution in [0, 0.1) is 0 Å². The average molecular weight is 1020 g/mol. The molecule has 8 atom stereocenters. The number of allylic oxidation sites excluding steroid dienone is 2. The van der Waals surface area contributed by atoms with Gasteiger partial charge in [0.05, 0.1) is 25.4 Å². The van der Waals surface area contributed by atoms with Crippen LogP contribution in [0.15, 0.2) is 12.2 Å². The minimum absolute atomic E-state index is 0.256. The highest BCUT2D eigenvalue weighted by Crippen LogP contribution is 2.26. The maximum atomic E-state index is 13.2. The highest BCUT2D eigenvalue weighted by atomic mass is 32.3. The van der Waals surface area contributed by atoms with Gasteiger partial charge in [0.15, 0.2) is 6.29 Å². The molecule has 1 rings (SSSR count). The predicted octanol–water partition coefficient (Wildman–Crippen LogP) is 12.4. The van der Waals surface area contributed by atoms with Crippen molar-refractivity contribution in [2.75, 3.05) is 13.2 Å². The zero-order valence-corrected chi connectivity index (χ0v) is 45.5. The highest BCUT2D eigenvalue weighted by molar-refractivity contribution is 7.80. The van der Waals surface area contributed by atoms with Crippen LogP contribution in [0.3, 0.4) is 0 Å². The predicted molar refractivity (Wildman–Crippen MR) is 284 cm³/mol. The van der Waals surface area contributed by atoms with Crippen LogP contribution in [-0.4, -0.2) is 107 Å². The van der Waals surface area contributed by atoms with Gasteiger partial charge in [0.2, 0.25) is 5.91 Å². The number of aliphatic hydroxyl groups is 5. The van der Waals surface area contributed by atoms with Crippen LogP contribution in [0.25, 0.3) is 0 Å². The molecule has 0 saturated carbocycles. The molecule has 0 aromatic carbocycles. The summed E-state index contributed by atoms with van der Waals surface area (Å²) in [7, 11) is -5.11. The third-order valence-corrected chi connectivity index (χ3v) is 14.6. The van der Waals surface area contributed by atoms with Crippen molar-refractivity contribution in [3.05, 3.63) is 12.2 Å². The molecule has 1 saturated heterocycles. The molecule has 1 heterocycles. The van der Waals surface area contributed by atoms with E-state index in [9.17, 15) is 43.3 Å². The molecule has 0 aromatic heterocycles. The SMILES string of the molecule is CCCCCCCCCCCCC/C=C\CCCCCCCCC(O)C(=O)NC(COC1OC(CO)C(O)C(OS(=O)(=O)O)C1O)C(O)CCCCCCCCCCCCCCCCCCCCCC. The second-order valence-electron chi connectivity index (χ2n) is 20.7. The van der Waals surface area contributed by atoms with E-state index in [1.54, 1.807) is 0 Å². The number of unbranched alkanes of at least 4 members (excludes halogenated alkanes) is 36. The van der Waals surface area contributed by atoms with Gasteiger partial charge in [-0.25, -0.2) is 4.18 Å². The molecule has 7 N–H and O–H groups in total. The number of aliphatic hydroxyl groups excluding tert-OH is 5. The Morgan fingerprint density at radius 3 is 1.29 bits per heavy atom. The lowest BCUT2D eigenvalue weighted by Gasteiger charge is -2.41. The fourth-order valence-corrected chi connectivity index (χ4v) is 10.1. The van der Waals surface area contributed by atoms with Gasteiger partial charge in [-0.05, 0) is 38.5 Å². The first-order valence-corrected chi connectivity index (χ1v) is 30.5. The molecule has 0 aromatic rings. The zero-order valence-electron chi connectivity index (χ0n) is 44.7. The summed E-state index contributed by atoms with van der Waals surface area (Å²) in [6.07, 6.45) is 42.4. The molecule has 70 heavy (non-hydrogen) atoms. The van der Waals surface area contributed by atoms with Crippen molar-refractivity contribution in [2.45, 2.75) is 326 Å². The fourth-order valence-electron chi connectivity index (χ4n) is 9.58. The van der Waals surface area contributed by atoms with Crippen molar-refractivity contribution in [2.24, 2.45) is 0 Å². The molecule has 1 aliphatic heterocycles. The maximum absolute atomic E-state index is 13.2. The number of hydrogen-bond donors (Lipinski definition) is 7. The Morgan fingerprint density at radius 1 is 0.557 bits per heavy atom. The van der Waals surface area contributed by atoms with Crippen LogP contribution in [0.4, 0.5) is 0 Å². The van der Waals surface area contributed by atoms with Crippen molar-refractivity contribution in [1.29, 1.82) is 0 Å². The summed E-state index contributed by atoms with van der Waals surface area (Å²) in [5.41, 5.74) is 0. The van der Waals surface area contributed by atoms with Crippen molar-refractivity contribution >= 4 is 16.3 Å². The molecule has 0 aliphatic carbocycles. The molecule has 8 unspecified atom stereocenters. The number of hydrogen-bond acceptors (Lipinski definition) is 11. The second kappa shape index (κ2) is 46.3. The number of amides is 1. The lowest BCUT2D eigenvalue weighted by Crippen LogP contribution is -2.61. The molecule has 0 spiro atoms. The molecule has 0 radical (unpaired) electrons. The summed E-state index contributed by atoms with van der Waals surface area (Å²) < 4.78 is 47.8. The average Bonchev–Trinajstić information content (AvgIpc) is 3.33. The van der Waals surface area contributed by atoms with Gasteiger partial charge >= 0.3 is 10.4 Å². The minimum atomic E-state index is -5.11.